The maximum Gasteiger partial charge on any atom is 0.150 e. The average Bonchev–Trinajstić information content (AvgIpc) is 2.03. The Balaban J connectivity index is 3.36. The lowest BCUT2D eigenvalue weighted by atomic mass is 10.1. The molecule has 0 spiro atoms. The number of hydrogen-bond donors (Lipinski definition) is 0. The Kier molecular flexibility index (Phi) is 2.72. The van der Waals surface area contributed by atoms with E-state index in [0.29, 0.717) is 11.3 Å². The molecule has 0 radical (unpaired) electrons. The fourth-order valence-electron chi connectivity index (χ4n) is 1.02. The van der Waals surface area contributed by atoms with Crippen molar-refractivity contribution < 1.29 is 4.74 Å². The first-order valence-corrected chi connectivity index (χ1v) is 4.22. The van der Waals surface area contributed by atoms with Crippen molar-refractivity contribution in [1.29, 1.82) is 5.26 Å². The molecule has 0 amide bonds. The molecule has 62 valence electrons. The molecule has 1 aromatic carbocycles. The molecule has 0 atom stereocenters. The minimum atomic E-state index is 0.560. The van der Waals surface area contributed by atoms with Crippen molar-refractivity contribution in [3.05, 3.63) is 27.7 Å². The van der Waals surface area contributed by atoms with Crippen molar-refractivity contribution in [3.63, 3.8) is 0 Å². The van der Waals surface area contributed by atoms with Gasteiger partial charge in [-0.15, -0.1) is 0 Å². The molecule has 0 heterocycles. The molecule has 1 aromatic rings. The van der Waals surface area contributed by atoms with Gasteiger partial charge in [0.05, 0.1) is 17.1 Å². The van der Waals surface area contributed by atoms with Crippen LogP contribution in [-0.4, -0.2) is 7.11 Å². The molecule has 3 heteroatoms. The van der Waals surface area contributed by atoms with Gasteiger partial charge in [-0.3, -0.25) is 0 Å². The van der Waals surface area contributed by atoms with E-state index in [9.17, 15) is 0 Å². The number of methoxy groups -OCH3 is 1. The third kappa shape index (κ3) is 1.59. The predicted molar refractivity (Wildman–Crippen MR) is 50.1 cm³/mol. The van der Waals surface area contributed by atoms with Crippen LogP contribution in [0, 0.1) is 18.3 Å². The number of nitrogens with zero attached hydrogens (tertiary/aromatic N) is 1. The van der Waals surface area contributed by atoms with Gasteiger partial charge in [-0.1, -0.05) is 0 Å². The summed E-state index contributed by atoms with van der Waals surface area (Å²) < 4.78 is 5.87. The van der Waals surface area contributed by atoms with E-state index < -0.39 is 0 Å². The molecular formula is C9H8BrNO. The van der Waals surface area contributed by atoms with Crippen molar-refractivity contribution in [3.8, 4) is 11.8 Å². The van der Waals surface area contributed by atoms with Gasteiger partial charge in [0.1, 0.15) is 6.07 Å². The van der Waals surface area contributed by atoms with Crippen LogP contribution in [0.2, 0.25) is 0 Å². The molecule has 0 aliphatic carbocycles. The summed E-state index contributed by atoms with van der Waals surface area (Å²) in [5.41, 5.74) is 1.60. The van der Waals surface area contributed by atoms with E-state index in [1.807, 2.05) is 13.0 Å². The molecule has 0 N–H and O–H groups in total. The van der Waals surface area contributed by atoms with Crippen molar-refractivity contribution in [2.45, 2.75) is 6.92 Å². The van der Waals surface area contributed by atoms with Gasteiger partial charge >= 0.3 is 0 Å². The van der Waals surface area contributed by atoms with E-state index in [0.717, 1.165) is 10.0 Å². The molecule has 2 nitrogen and oxygen atoms in total. The number of ether oxygens (including phenoxy) is 1. The molecule has 0 aliphatic heterocycles. The molecule has 0 saturated heterocycles. The first-order chi connectivity index (χ1) is 5.69. The standard InChI is InChI=1S/C9H8BrNO/c1-6-3-7(5-11)9(12-2)8(10)4-6/h3-4H,1-2H3. The number of halogens is 1. The summed E-state index contributed by atoms with van der Waals surface area (Å²) in [7, 11) is 1.55. The fraction of sp³-hybridized carbons (Fsp3) is 0.222. The minimum Gasteiger partial charge on any atom is -0.494 e. The maximum atomic E-state index is 8.75. The second-order valence-corrected chi connectivity index (χ2v) is 3.29. The van der Waals surface area contributed by atoms with Gasteiger partial charge in [0, 0.05) is 0 Å². The first-order valence-electron chi connectivity index (χ1n) is 3.43. The van der Waals surface area contributed by atoms with Gasteiger partial charge in [-0.25, -0.2) is 0 Å². The Labute approximate surface area is 79.9 Å². The monoisotopic (exact) mass is 225 g/mol. The predicted octanol–water partition coefficient (Wildman–Crippen LogP) is 2.64. The molecule has 12 heavy (non-hydrogen) atoms. The zero-order valence-electron chi connectivity index (χ0n) is 6.89. The lowest BCUT2D eigenvalue weighted by molar-refractivity contribution is 0.410. The Bertz CT molecular complexity index is 341. The van der Waals surface area contributed by atoms with Gasteiger partial charge < -0.3 is 4.74 Å². The van der Waals surface area contributed by atoms with Crippen LogP contribution in [0.15, 0.2) is 16.6 Å². The van der Waals surface area contributed by atoms with Gasteiger partial charge in [0.15, 0.2) is 5.75 Å². The number of aryl methyl sites for hydroxylation is 1. The van der Waals surface area contributed by atoms with Crippen LogP contribution in [0.25, 0.3) is 0 Å². The van der Waals surface area contributed by atoms with Crippen LogP contribution in [0.3, 0.4) is 0 Å². The molecule has 0 aromatic heterocycles. The molecule has 0 saturated carbocycles. The summed E-state index contributed by atoms with van der Waals surface area (Å²) in [5, 5.41) is 8.75. The summed E-state index contributed by atoms with van der Waals surface area (Å²) in [6.07, 6.45) is 0. The SMILES string of the molecule is COc1c(Br)cc(C)cc1C#N. The van der Waals surface area contributed by atoms with E-state index >= 15 is 0 Å². The largest absolute Gasteiger partial charge is 0.494 e. The smallest absolute Gasteiger partial charge is 0.150 e. The van der Waals surface area contributed by atoms with E-state index in [-0.39, 0.29) is 0 Å². The van der Waals surface area contributed by atoms with E-state index in [4.69, 9.17) is 10.00 Å². The maximum absolute atomic E-state index is 8.75. The normalized spacial score (nSPS) is 9.17. The lowest BCUT2D eigenvalue weighted by Crippen LogP contribution is -1.90. The quantitative estimate of drug-likeness (QED) is 0.737. The molecular weight excluding hydrogens is 218 g/mol. The zero-order chi connectivity index (χ0) is 9.14. The van der Waals surface area contributed by atoms with Gasteiger partial charge in [0.25, 0.3) is 0 Å². The highest BCUT2D eigenvalue weighted by Crippen LogP contribution is 2.29. The summed E-state index contributed by atoms with van der Waals surface area (Å²) in [4.78, 5) is 0. The summed E-state index contributed by atoms with van der Waals surface area (Å²) in [6, 6.07) is 5.78. The Hall–Kier alpha value is -1.01. The summed E-state index contributed by atoms with van der Waals surface area (Å²) in [6.45, 7) is 1.94. The van der Waals surface area contributed by atoms with Gasteiger partial charge in [0.2, 0.25) is 0 Å². The highest BCUT2D eigenvalue weighted by molar-refractivity contribution is 9.10. The molecule has 0 bridgehead atoms. The Morgan fingerprint density at radius 3 is 2.67 bits per heavy atom. The highest BCUT2D eigenvalue weighted by atomic mass is 79.9. The Morgan fingerprint density at radius 2 is 2.17 bits per heavy atom. The van der Waals surface area contributed by atoms with Crippen molar-refractivity contribution in [1.82, 2.24) is 0 Å². The third-order valence-electron chi connectivity index (χ3n) is 1.51. The molecule has 0 aliphatic rings. The van der Waals surface area contributed by atoms with E-state index in [1.54, 1.807) is 13.2 Å². The van der Waals surface area contributed by atoms with Gasteiger partial charge in [-0.2, -0.15) is 5.26 Å². The van der Waals surface area contributed by atoms with Crippen LogP contribution < -0.4 is 4.74 Å². The van der Waals surface area contributed by atoms with Crippen LogP contribution in [0.4, 0.5) is 0 Å². The molecule has 0 fully saturated rings. The van der Waals surface area contributed by atoms with E-state index in [1.165, 1.54) is 0 Å². The van der Waals surface area contributed by atoms with Crippen molar-refractivity contribution in [2.75, 3.05) is 7.11 Å². The number of hydrogen-bond acceptors (Lipinski definition) is 2. The van der Waals surface area contributed by atoms with Crippen LogP contribution in [0.5, 0.6) is 5.75 Å². The number of benzene rings is 1. The first kappa shape index (κ1) is 9.08. The second-order valence-electron chi connectivity index (χ2n) is 2.44. The van der Waals surface area contributed by atoms with Gasteiger partial charge in [-0.05, 0) is 40.5 Å². The van der Waals surface area contributed by atoms with Crippen molar-refractivity contribution >= 4 is 15.9 Å². The minimum absolute atomic E-state index is 0.560. The van der Waals surface area contributed by atoms with E-state index in [2.05, 4.69) is 22.0 Å². The van der Waals surface area contributed by atoms with Crippen LogP contribution in [0.1, 0.15) is 11.1 Å². The summed E-state index contributed by atoms with van der Waals surface area (Å²) >= 11 is 3.32. The lowest BCUT2D eigenvalue weighted by Gasteiger charge is -2.05. The second kappa shape index (κ2) is 3.59. The topological polar surface area (TPSA) is 33.0 Å². The Morgan fingerprint density at radius 1 is 1.50 bits per heavy atom. The van der Waals surface area contributed by atoms with Crippen LogP contribution in [-0.2, 0) is 0 Å². The third-order valence-corrected chi connectivity index (χ3v) is 2.10. The molecule has 0 unspecified atom stereocenters. The molecule has 1 rings (SSSR count). The summed E-state index contributed by atoms with van der Waals surface area (Å²) in [5.74, 6) is 0.600. The number of nitriles is 1. The highest BCUT2D eigenvalue weighted by Gasteiger charge is 2.06. The average molecular weight is 226 g/mol. The number of rotatable bonds is 1. The fourth-order valence-corrected chi connectivity index (χ4v) is 1.76. The zero-order valence-corrected chi connectivity index (χ0v) is 8.47. The van der Waals surface area contributed by atoms with Crippen LogP contribution >= 0.6 is 15.9 Å². The van der Waals surface area contributed by atoms with Crippen molar-refractivity contribution in [2.24, 2.45) is 0 Å².